The van der Waals surface area contributed by atoms with Crippen LogP contribution in [0.15, 0.2) is 53.5 Å². The second-order valence-corrected chi connectivity index (χ2v) is 6.70. The molecular weight excluding hydrogens is 347 g/mol. The molecule has 0 bridgehead atoms. The van der Waals surface area contributed by atoms with Gasteiger partial charge in [-0.2, -0.15) is 0 Å². The van der Waals surface area contributed by atoms with Crippen molar-refractivity contribution < 1.29 is 13.9 Å². The van der Waals surface area contributed by atoms with Gasteiger partial charge in [-0.15, -0.1) is 0 Å². The quantitative estimate of drug-likeness (QED) is 0.882. The Labute approximate surface area is 157 Å². The van der Waals surface area contributed by atoms with E-state index in [-0.39, 0.29) is 23.9 Å². The molecule has 0 aromatic heterocycles. The second-order valence-electron chi connectivity index (χ2n) is 6.70. The van der Waals surface area contributed by atoms with Crippen LogP contribution < -0.4 is 15.5 Å². The Kier molecular flexibility index (Phi) is 4.66. The lowest BCUT2D eigenvalue weighted by molar-refractivity contribution is 0.256. The maximum atomic E-state index is 13.1. The monoisotopic (exact) mass is 368 g/mol. The molecular formula is C20H21FN4O2. The van der Waals surface area contributed by atoms with Crippen molar-refractivity contribution in [2.24, 2.45) is 10.7 Å². The third-order valence-corrected chi connectivity index (χ3v) is 4.89. The first kappa shape index (κ1) is 17.3. The number of carbonyl (C=O) groups is 1. The summed E-state index contributed by atoms with van der Waals surface area (Å²) in [6.07, 6.45) is 1.75. The van der Waals surface area contributed by atoms with E-state index >= 15 is 0 Å². The number of amidine groups is 1. The summed E-state index contributed by atoms with van der Waals surface area (Å²) < 4.78 is 18.3. The fourth-order valence-electron chi connectivity index (χ4n) is 3.40. The van der Waals surface area contributed by atoms with Crippen LogP contribution in [-0.4, -0.2) is 37.8 Å². The molecule has 2 amide bonds. The Morgan fingerprint density at radius 3 is 2.19 bits per heavy atom. The van der Waals surface area contributed by atoms with E-state index in [9.17, 15) is 9.18 Å². The molecule has 0 radical (unpaired) electrons. The average molecular weight is 368 g/mol. The predicted molar refractivity (Wildman–Crippen MR) is 103 cm³/mol. The number of benzene rings is 2. The maximum Gasteiger partial charge on any atom is 0.329 e. The molecule has 1 unspecified atom stereocenters. The van der Waals surface area contributed by atoms with Crippen LogP contribution >= 0.6 is 0 Å². The first-order valence-corrected chi connectivity index (χ1v) is 9.00. The largest absolute Gasteiger partial charge is 0.463 e. The van der Waals surface area contributed by atoms with E-state index in [1.165, 1.54) is 17.7 Å². The highest BCUT2D eigenvalue weighted by Gasteiger charge is 2.30. The minimum Gasteiger partial charge on any atom is -0.463 e. The number of ether oxygens (including phenoxy) is 1. The fourth-order valence-corrected chi connectivity index (χ4v) is 3.40. The molecule has 2 N–H and O–H groups in total. The van der Waals surface area contributed by atoms with Crippen molar-refractivity contribution in [2.75, 3.05) is 29.5 Å². The van der Waals surface area contributed by atoms with Crippen LogP contribution in [0, 0.1) is 5.82 Å². The lowest BCUT2D eigenvalue weighted by Gasteiger charge is -2.19. The Morgan fingerprint density at radius 1 is 1.04 bits per heavy atom. The zero-order valence-electron chi connectivity index (χ0n) is 14.8. The molecule has 1 fully saturated rings. The topological polar surface area (TPSA) is 71.2 Å². The van der Waals surface area contributed by atoms with E-state index in [1.54, 1.807) is 21.9 Å². The highest BCUT2D eigenvalue weighted by atomic mass is 19.1. The molecule has 4 rings (SSSR count). The maximum absolute atomic E-state index is 13.1. The summed E-state index contributed by atoms with van der Waals surface area (Å²) in [5.74, 6) is -0.310. The second kappa shape index (κ2) is 7.26. The van der Waals surface area contributed by atoms with E-state index in [0.717, 1.165) is 18.5 Å². The summed E-state index contributed by atoms with van der Waals surface area (Å²) in [6.45, 7) is 1.72. The normalized spacial score (nSPS) is 19.4. The zero-order valence-corrected chi connectivity index (χ0v) is 14.8. The number of anilines is 2. The molecule has 1 atom stereocenters. The van der Waals surface area contributed by atoms with Gasteiger partial charge in [-0.3, -0.25) is 9.80 Å². The van der Waals surface area contributed by atoms with Crippen LogP contribution in [-0.2, 0) is 11.2 Å². The average Bonchev–Trinajstić information content (AvgIpc) is 3.27. The summed E-state index contributed by atoms with van der Waals surface area (Å²) in [5.41, 5.74) is 8.28. The molecule has 2 heterocycles. The fraction of sp³-hybridized carbons (Fsp3) is 0.300. The van der Waals surface area contributed by atoms with Gasteiger partial charge in [-0.05, 0) is 54.8 Å². The number of hydrogen-bond acceptors (Lipinski definition) is 4. The molecule has 27 heavy (non-hydrogen) atoms. The van der Waals surface area contributed by atoms with Crippen molar-refractivity contribution in [2.45, 2.75) is 18.9 Å². The molecule has 0 saturated carbocycles. The zero-order chi connectivity index (χ0) is 18.8. The molecule has 0 spiro atoms. The Balaban J connectivity index is 1.39. The van der Waals surface area contributed by atoms with E-state index in [2.05, 4.69) is 4.99 Å². The number of aliphatic imine (C=N–C) groups is 1. The summed E-state index contributed by atoms with van der Waals surface area (Å²) in [6, 6.07) is 14.3. The van der Waals surface area contributed by atoms with E-state index in [4.69, 9.17) is 10.5 Å². The van der Waals surface area contributed by atoms with Crippen molar-refractivity contribution >= 4 is 23.4 Å². The smallest absolute Gasteiger partial charge is 0.329 e. The van der Waals surface area contributed by atoms with Crippen LogP contribution in [0.25, 0.3) is 0 Å². The van der Waals surface area contributed by atoms with Crippen molar-refractivity contribution in [1.29, 1.82) is 0 Å². The Hall–Kier alpha value is -3.09. The third-order valence-electron chi connectivity index (χ3n) is 4.89. The van der Waals surface area contributed by atoms with Gasteiger partial charge in [0.15, 0.2) is 0 Å². The number of rotatable bonds is 5. The summed E-state index contributed by atoms with van der Waals surface area (Å²) in [5, 5.41) is 0. The van der Waals surface area contributed by atoms with Gasteiger partial charge in [0.05, 0.1) is 6.04 Å². The number of carbonyl (C=O) groups excluding carboxylic acids is 1. The molecule has 0 aliphatic carbocycles. The van der Waals surface area contributed by atoms with Crippen LogP contribution in [0.2, 0.25) is 0 Å². The number of hydrogen-bond donors (Lipinski definition) is 1. The first-order chi connectivity index (χ1) is 13.1. The van der Waals surface area contributed by atoms with Gasteiger partial charge in [0.25, 0.3) is 6.02 Å². The molecule has 2 aromatic rings. The summed E-state index contributed by atoms with van der Waals surface area (Å²) in [7, 11) is 0. The van der Waals surface area contributed by atoms with Gasteiger partial charge in [0.2, 0.25) is 0 Å². The highest BCUT2D eigenvalue weighted by molar-refractivity contribution is 6.06. The number of nitrogens with zero attached hydrogens (tertiary/aromatic N) is 3. The van der Waals surface area contributed by atoms with E-state index < -0.39 is 0 Å². The van der Waals surface area contributed by atoms with Crippen molar-refractivity contribution in [3.05, 3.63) is 59.9 Å². The van der Waals surface area contributed by atoms with Gasteiger partial charge >= 0.3 is 6.03 Å². The number of halogens is 1. The van der Waals surface area contributed by atoms with Crippen LogP contribution in [0.1, 0.15) is 12.0 Å². The van der Waals surface area contributed by atoms with Gasteiger partial charge in [0, 0.05) is 24.5 Å². The van der Waals surface area contributed by atoms with Crippen LogP contribution in [0.4, 0.5) is 20.6 Å². The number of nitrogens with two attached hydrogens (primary N) is 1. The standard InChI is InChI=1S/C20H21FN4O2/c21-15-4-9-18(10-5-15)25-12-11-24(20(25)26)17-7-2-14(3-8-17)1-6-16-13-27-19(22)23-16/h2-5,7-10,16H,1,6,11-13H2,(H2,22,23). The molecule has 2 aliphatic heterocycles. The number of amides is 2. The van der Waals surface area contributed by atoms with Crippen LogP contribution in [0.5, 0.6) is 0 Å². The third kappa shape index (κ3) is 3.72. The van der Waals surface area contributed by atoms with Crippen molar-refractivity contribution in [1.82, 2.24) is 0 Å². The molecule has 6 nitrogen and oxygen atoms in total. The predicted octanol–water partition coefficient (Wildman–Crippen LogP) is 2.92. The Morgan fingerprint density at radius 2 is 1.63 bits per heavy atom. The SMILES string of the molecule is NC1=NC(CCc2ccc(N3CCN(c4ccc(F)cc4)C3=O)cc2)CO1. The molecule has 7 heteroatoms. The minimum atomic E-state index is -0.310. The number of urea groups is 1. The van der Waals surface area contributed by atoms with E-state index in [0.29, 0.717) is 25.4 Å². The Bertz CT molecular complexity index is 851. The molecule has 2 aliphatic rings. The first-order valence-electron chi connectivity index (χ1n) is 9.00. The number of aryl methyl sites for hydroxylation is 1. The lowest BCUT2D eigenvalue weighted by atomic mass is 10.1. The van der Waals surface area contributed by atoms with Gasteiger partial charge in [-0.25, -0.2) is 14.2 Å². The van der Waals surface area contributed by atoms with Crippen molar-refractivity contribution in [3.63, 3.8) is 0 Å². The summed E-state index contributed by atoms with van der Waals surface area (Å²) >= 11 is 0. The van der Waals surface area contributed by atoms with Gasteiger partial charge < -0.3 is 10.5 Å². The summed E-state index contributed by atoms with van der Waals surface area (Å²) in [4.78, 5) is 20.4. The highest BCUT2D eigenvalue weighted by Crippen LogP contribution is 2.26. The molecule has 2 aromatic carbocycles. The van der Waals surface area contributed by atoms with Crippen LogP contribution in [0.3, 0.4) is 0 Å². The molecule has 1 saturated heterocycles. The minimum absolute atomic E-state index is 0.0951. The van der Waals surface area contributed by atoms with Gasteiger partial charge in [-0.1, -0.05) is 12.1 Å². The van der Waals surface area contributed by atoms with E-state index in [1.807, 2.05) is 24.3 Å². The molecule has 140 valence electrons. The lowest BCUT2D eigenvalue weighted by Crippen LogP contribution is -2.31. The van der Waals surface area contributed by atoms with Crippen molar-refractivity contribution in [3.8, 4) is 0 Å². The van der Waals surface area contributed by atoms with Gasteiger partial charge in [0.1, 0.15) is 12.4 Å².